The van der Waals surface area contributed by atoms with Crippen LogP contribution in [0, 0.1) is 0 Å². The van der Waals surface area contributed by atoms with Gasteiger partial charge in [-0.05, 0) is 72.5 Å². The molecule has 0 spiro atoms. The Hall–Kier alpha value is -1.73. The maximum Gasteiger partial charge on any atom is 0.407 e. The van der Waals surface area contributed by atoms with E-state index in [4.69, 9.17) is 14.1 Å². The fourth-order valence-corrected chi connectivity index (χ4v) is 1.80. The van der Waals surface area contributed by atoms with Gasteiger partial charge >= 0.3 is 13.6 Å². The Morgan fingerprint density at radius 2 is 1.81 bits per heavy atom. The van der Waals surface area contributed by atoms with E-state index in [0.717, 1.165) is 5.46 Å². The first kappa shape index (κ1) is 23.3. The molecule has 151 valence electrons. The van der Waals surface area contributed by atoms with Crippen molar-refractivity contribution >= 4 is 19.0 Å². The zero-order chi connectivity index (χ0) is 20.7. The lowest BCUT2D eigenvalue weighted by Gasteiger charge is -2.37. The number of ether oxygens (including phenoxy) is 2. The van der Waals surface area contributed by atoms with Gasteiger partial charge in [-0.3, -0.25) is 0 Å². The molecule has 0 aliphatic carbocycles. The van der Waals surface area contributed by atoms with Gasteiger partial charge in [0.05, 0.1) is 17.8 Å². The number of nitrogens with one attached hydrogen (secondary N) is 1. The molecule has 0 aliphatic heterocycles. The summed E-state index contributed by atoms with van der Waals surface area (Å²) in [5.41, 5.74) is -1.35. The Kier molecular flexibility index (Phi) is 8.17. The van der Waals surface area contributed by atoms with Crippen LogP contribution in [0.15, 0.2) is 24.3 Å². The number of rotatable bonds is 9. The smallest absolute Gasteiger partial charge is 0.407 e. The van der Waals surface area contributed by atoms with E-state index in [2.05, 4.69) is 5.32 Å². The highest BCUT2D eigenvalue weighted by Gasteiger charge is 2.35. The van der Waals surface area contributed by atoms with Crippen LogP contribution in [0.3, 0.4) is 0 Å². The highest BCUT2D eigenvalue weighted by atomic mass is 16.6. The number of amides is 1. The van der Waals surface area contributed by atoms with E-state index in [-0.39, 0.29) is 0 Å². The molecule has 1 rings (SSSR count). The molecule has 1 aromatic rings. The standard InChI is InChI=1S/C20H33BNO5/c1-18(2,3)26-17(23)22-12-9-13-25-16-11-8-10-15(14-16)21-27-20(6,7)19(4,5)24/h8,10-11,14,24H,9,12-13H2,1-7H3,(H,22,23). The summed E-state index contributed by atoms with van der Waals surface area (Å²) in [7, 11) is 1.62. The third-order valence-corrected chi connectivity index (χ3v) is 4.08. The fraction of sp³-hybridized carbons (Fsp3) is 0.650. The van der Waals surface area contributed by atoms with Gasteiger partial charge in [0.1, 0.15) is 11.4 Å². The molecular formula is C20H33BNO5. The predicted octanol–water partition coefficient (Wildman–Crippen LogP) is 2.79. The van der Waals surface area contributed by atoms with Gasteiger partial charge in [0.15, 0.2) is 0 Å². The van der Waals surface area contributed by atoms with Crippen LogP contribution in [-0.2, 0) is 9.39 Å². The Morgan fingerprint density at radius 1 is 1.15 bits per heavy atom. The average Bonchev–Trinajstić information content (AvgIpc) is 2.50. The Balaban J connectivity index is 2.37. The van der Waals surface area contributed by atoms with Crippen LogP contribution in [0.5, 0.6) is 5.75 Å². The summed E-state index contributed by atoms with van der Waals surface area (Å²) in [4.78, 5) is 11.5. The minimum absolute atomic E-state index is 0.425. The van der Waals surface area contributed by atoms with Crippen molar-refractivity contribution in [3.63, 3.8) is 0 Å². The van der Waals surface area contributed by atoms with Gasteiger partial charge < -0.3 is 24.6 Å². The molecule has 0 atom stereocenters. The second-order valence-electron chi connectivity index (χ2n) is 8.51. The molecule has 0 saturated heterocycles. The molecule has 0 saturated carbocycles. The van der Waals surface area contributed by atoms with Crippen molar-refractivity contribution in [2.45, 2.75) is 71.7 Å². The molecule has 1 radical (unpaired) electrons. The summed E-state index contributed by atoms with van der Waals surface area (Å²) in [6.45, 7) is 13.5. The first-order valence-electron chi connectivity index (χ1n) is 9.23. The van der Waals surface area contributed by atoms with Crippen molar-refractivity contribution in [1.29, 1.82) is 0 Å². The highest BCUT2D eigenvalue weighted by Crippen LogP contribution is 2.24. The van der Waals surface area contributed by atoms with Crippen molar-refractivity contribution in [2.24, 2.45) is 0 Å². The summed E-state index contributed by atoms with van der Waals surface area (Å²) in [5, 5.41) is 12.8. The lowest BCUT2D eigenvalue weighted by Crippen LogP contribution is -2.49. The quantitative estimate of drug-likeness (QED) is 0.511. The summed E-state index contributed by atoms with van der Waals surface area (Å²) >= 11 is 0. The molecule has 0 heterocycles. The molecular weight excluding hydrogens is 345 g/mol. The first-order valence-corrected chi connectivity index (χ1v) is 9.23. The topological polar surface area (TPSA) is 77.0 Å². The third kappa shape index (κ3) is 9.15. The van der Waals surface area contributed by atoms with Crippen LogP contribution in [0.2, 0.25) is 0 Å². The van der Waals surface area contributed by atoms with Gasteiger partial charge in [0, 0.05) is 6.54 Å². The molecule has 0 aliphatic rings. The Labute approximate surface area is 163 Å². The first-order chi connectivity index (χ1) is 12.3. The molecule has 0 bridgehead atoms. The number of hydrogen-bond donors (Lipinski definition) is 2. The van der Waals surface area contributed by atoms with E-state index in [1.165, 1.54) is 0 Å². The van der Waals surface area contributed by atoms with E-state index in [1.807, 2.05) is 58.9 Å². The highest BCUT2D eigenvalue weighted by molar-refractivity contribution is 6.47. The molecule has 0 aromatic heterocycles. The van der Waals surface area contributed by atoms with E-state index in [1.54, 1.807) is 21.3 Å². The van der Waals surface area contributed by atoms with Crippen LogP contribution in [0.4, 0.5) is 4.79 Å². The van der Waals surface area contributed by atoms with E-state index in [9.17, 15) is 9.90 Å². The molecule has 6 nitrogen and oxygen atoms in total. The zero-order valence-electron chi connectivity index (χ0n) is 17.6. The van der Waals surface area contributed by atoms with E-state index < -0.39 is 22.9 Å². The summed E-state index contributed by atoms with van der Waals surface area (Å²) in [5.74, 6) is 0.714. The molecule has 2 N–H and O–H groups in total. The van der Waals surface area contributed by atoms with Crippen molar-refractivity contribution in [3.8, 4) is 5.75 Å². The number of hydrogen-bond acceptors (Lipinski definition) is 5. The number of aliphatic hydroxyl groups is 1. The Morgan fingerprint density at radius 3 is 2.41 bits per heavy atom. The van der Waals surface area contributed by atoms with Crippen LogP contribution in [-0.4, -0.2) is 48.6 Å². The number of carbonyl (C=O) groups excluding carboxylic acids is 1. The molecule has 0 unspecified atom stereocenters. The van der Waals surface area contributed by atoms with Gasteiger partial charge in [-0.25, -0.2) is 4.79 Å². The van der Waals surface area contributed by atoms with Crippen molar-refractivity contribution < 1.29 is 24.0 Å². The predicted molar refractivity (Wildman–Crippen MR) is 108 cm³/mol. The monoisotopic (exact) mass is 378 g/mol. The van der Waals surface area contributed by atoms with Gasteiger partial charge in [0.2, 0.25) is 0 Å². The van der Waals surface area contributed by atoms with Crippen molar-refractivity contribution in [2.75, 3.05) is 13.2 Å². The van der Waals surface area contributed by atoms with E-state index in [0.29, 0.717) is 25.3 Å². The molecule has 1 amide bonds. The normalized spacial score (nSPS) is 12.4. The summed E-state index contributed by atoms with van der Waals surface area (Å²) in [6.07, 6.45) is 0.237. The second-order valence-corrected chi connectivity index (χ2v) is 8.51. The Bertz CT molecular complexity index is 605. The van der Waals surface area contributed by atoms with Crippen LogP contribution in [0.25, 0.3) is 0 Å². The lowest BCUT2D eigenvalue weighted by molar-refractivity contribution is -0.0893. The summed E-state index contributed by atoms with van der Waals surface area (Å²) in [6, 6.07) is 7.50. The van der Waals surface area contributed by atoms with Crippen LogP contribution in [0.1, 0.15) is 54.9 Å². The summed E-state index contributed by atoms with van der Waals surface area (Å²) < 4.78 is 16.6. The van der Waals surface area contributed by atoms with Gasteiger partial charge in [0.25, 0.3) is 0 Å². The second kappa shape index (κ2) is 9.46. The minimum Gasteiger partial charge on any atom is -0.494 e. The average molecular weight is 378 g/mol. The van der Waals surface area contributed by atoms with E-state index >= 15 is 0 Å². The molecule has 7 heteroatoms. The van der Waals surface area contributed by atoms with Gasteiger partial charge in [-0.15, -0.1) is 0 Å². The van der Waals surface area contributed by atoms with Crippen molar-refractivity contribution in [1.82, 2.24) is 5.32 Å². The lowest BCUT2D eigenvalue weighted by atomic mass is 9.82. The van der Waals surface area contributed by atoms with Crippen LogP contribution < -0.4 is 15.5 Å². The maximum absolute atomic E-state index is 11.5. The zero-order valence-corrected chi connectivity index (χ0v) is 17.6. The number of benzene rings is 1. The largest absolute Gasteiger partial charge is 0.494 e. The van der Waals surface area contributed by atoms with Gasteiger partial charge in [-0.1, -0.05) is 12.1 Å². The number of alkyl carbamates (subject to hydrolysis) is 1. The fourth-order valence-electron chi connectivity index (χ4n) is 1.80. The molecule has 0 fully saturated rings. The van der Waals surface area contributed by atoms with Gasteiger partial charge in [-0.2, -0.15) is 0 Å². The maximum atomic E-state index is 11.5. The molecule has 27 heavy (non-hydrogen) atoms. The minimum atomic E-state index is -0.973. The van der Waals surface area contributed by atoms with Crippen molar-refractivity contribution in [3.05, 3.63) is 24.3 Å². The SMILES string of the molecule is CC(C)(C)OC(=O)NCCCOc1cccc([B]OC(C)(C)C(C)(C)O)c1. The third-order valence-electron chi connectivity index (χ3n) is 4.08. The number of carbonyl (C=O) groups is 1. The molecule has 1 aromatic carbocycles. The van der Waals surface area contributed by atoms with Crippen LogP contribution >= 0.6 is 0 Å².